The zero-order valence-electron chi connectivity index (χ0n) is 19.0. The maximum atomic E-state index is 12.3. The highest BCUT2D eigenvalue weighted by Crippen LogP contribution is 2.21. The van der Waals surface area contributed by atoms with Gasteiger partial charge in [-0.05, 0) is 79.9 Å². The van der Waals surface area contributed by atoms with E-state index in [9.17, 15) is 4.79 Å². The first-order valence-electron chi connectivity index (χ1n) is 10.9. The Morgan fingerprint density at radius 1 is 0.970 bits per heavy atom. The summed E-state index contributed by atoms with van der Waals surface area (Å²) in [6, 6.07) is 23.4. The number of nitrogens with one attached hydrogen (secondary N) is 1. The number of benzene rings is 2. The van der Waals surface area contributed by atoms with E-state index in [0.29, 0.717) is 5.76 Å². The first-order chi connectivity index (χ1) is 16.0. The molecule has 0 aliphatic rings. The zero-order valence-corrected chi connectivity index (χ0v) is 19.0. The van der Waals surface area contributed by atoms with Crippen molar-refractivity contribution in [3.05, 3.63) is 107 Å². The van der Waals surface area contributed by atoms with Crippen LogP contribution in [0.1, 0.15) is 45.8 Å². The van der Waals surface area contributed by atoms with Crippen LogP contribution < -0.4 is 10.2 Å². The maximum Gasteiger partial charge on any atom is 0.307 e. The summed E-state index contributed by atoms with van der Waals surface area (Å²) >= 11 is 0. The molecular weight excluding hydrogens is 414 g/mol. The first kappa shape index (κ1) is 22.1. The van der Waals surface area contributed by atoms with Crippen LogP contribution >= 0.6 is 0 Å². The Morgan fingerprint density at radius 2 is 1.67 bits per heavy atom. The number of furan rings is 1. The minimum Gasteiger partial charge on any atom is -0.486 e. The van der Waals surface area contributed by atoms with Gasteiger partial charge >= 0.3 is 5.91 Å². The number of nitrogens with zero attached hydrogens (tertiary/aromatic N) is 2. The van der Waals surface area contributed by atoms with Crippen molar-refractivity contribution < 1.29 is 13.9 Å². The second-order valence-electron chi connectivity index (χ2n) is 7.79. The third-order valence-electron chi connectivity index (χ3n) is 5.40. The van der Waals surface area contributed by atoms with E-state index in [4.69, 9.17) is 9.15 Å². The molecule has 6 heteroatoms. The standard InChI is InChI=1S/C27H27N3O3/c1-4-21-7-9-22(10-8-21)17-28-29-27(31)26-16-15-25(33-26)18-32-24-13-11-23(12-14-24)30-19(2)5-6-20(30)3/h5-17H,4,18H2,1-3H3,(H,29,31)/b28-17+. The lowest BCUT2D eigenvalue weighted by atomic mass is 10.1. The molecule has 0 bridgehead atoms. The van der Waals surface area contributed by atoms with Gasteiger partial charge in [0.1, 0.15) is 18.1 Å². The molecule has 33 heavy (non-hydrogen) atoms. The molecule has 0 radical (unpaired) electrons. The van der Waals surface area contributed by atoms with E-state index < -0.39 is 5.91 Å². The lowest BCUT2D eigenvalue weighted by Gasteiger charge is -2.10. The normalized spacial score (nSPS) is 11.1. The van der Waals surface area contributed by atoms with Gasteiger partial charge in [-0.25, -0.2) is 5.43 Å². The summed E-state index contributed by atoms with van der Waals surface area (Å²) in [5.41, 5.74) is 8.10. The predicted molar refractivity (Wildman–Crippen MR) is 129 cm³/mol. The minimum atomic E-state index is -0.413. The topological polar surface area (TPSA) is 68.8 Å². The number of rotatable bonds is 8. The van der Waals surface area contributed by atoms with Gasteiger partial charge in [0.25, 0.3) is 0 Å². The van der Waals surface area contributed by atoms with Crippen LogP contribution in [0.5, 0.6) is 5.75 Å². The van der Waals surface area contributed by atoms with Gasteiger partial charge in [0.2, 0.25) is 0 Å². The predicted octanol–water partition coefficient (Wildman–Crippen LogP) is 5.59. The van der Waals surface area contributed by atoms with Crippen molar-refractivity contribution in [2.75, 3.05) is 0 Å². The lowest BCUT2D eigenvalue weighted by Crippen LogP contribution is -2.16. The molecule has 2 heterocycles. The number of ether oxygens (including phenoxy) is 1. The van der Waals surface area contributed by atoms with E-state index in [0.717, 1.165) is 23.4 Å². The molecular formula is C27H27N3O3. The number of carbonyl (C=O) groups is 1. The van der Waals surface area contributed by atoms with Crippen molar-refractivity contribution in [2.24, 2.45) is 5.10 Å². The number of aromatic nitrogens is 1. The quantitative estimate of drug-likeness (QED) is 0.286. The lowest BCUT2D eigenvalue weighted by molar-refractivity contribution is 0.0923. The molecule has 6 nitrogen and oxygen atoms in total. The second-order valence-corrected chi connectivity index (χ2v) is 7.79. The molecule has 0 saturated heterocycles. The van der Waals surface area contributed by atoms with E-state index in [1.807, 2.05) is 48.5 Å². The van der Waals surface area contributed by atoms with Crippen molar-refractivity contribution >= 4 is 12.1 Å². The highest BCUT2D eigenvalue weighted by molar-refractivity contribution is 5.92. The fourth-order valence-corrected chi connectivity index (χ4v) is 3.56. The van der Waals surface area contributed by atoms with Crippen LogP contribution in [0.2, 0.25) is 0 Å². The van der Waals surface area contributed by atoms with Gasteiger partial charge in [0.15, 0.2) is 5.76 Å². The number of hydrogen-bond donors (Lipinski definition) is 1. The number of carbonyl (C=O) groups excluding carboxylic acids is 1. The molecule has 168 valence electrons. The average molecular weight is 442 g/mol. The summed E-state index contributed by atoms with van der Waals surface area (Å²) in [7, 11) is 0. The van der Waals surface area contributed by atoms with Crippen LogP contribution in [0.3, 0.4) is 0 Å². The first-order valence-corrected chi connectivity index (χ1v) is 10.9. The Labute approximate surface area is 193 Å². The Bertz CT molecular complexity index is 1230. The Balaban J connectivity index is 1.30. The Morgan fingerprint density at radius 3 is 2.33 bits per heavy atom. The van der Waals surface area contributed by atoms with Gasteiger partial charge in [0, 0.05) is 17.1 Å². The monoisotopic (exact) mass is 441 g/mol. The van der Waals surface area contributed by atoms with Gasteiger partial charge in [0.05, 0.1) is 6.21 Å². The Hall–Kier alpha value is -4.06. The third kappa shape index (κ3) is 5.41. The van der Waals surface area contributed by atoms with E-state index in [1.165, 1.54) is 17.0 Å². The van der Waals surface area contributed by atoms with Gasteiger partial charge in [-0.2, -0.15) is 5.10 Å². The molecule has 2 aromatic heterocycles. The SMILES string of the molecule is CCc1ccc(/C=N/NC(=O)c2ccc(COc3ccc(-n4c(C)ccc4C)cc3)o2)cc1. The summed E-state index contributed by atoms with van der Waals surface area (Å²) in [6.45, 7) is 6.49. The van der Waals surface area contributed by atoms with Gasteiger partial charge in [-0.15, -0.1) is 0 Å². The molecule has 0 spiro atoms. The van der Waals surface area contributed by atoms with Crippen LogP contribution in [0, 0.1) is 13.8 Å². The van der Waals surface area contributed by atoms with E-state index in [2.05, 4.69) is 48.0 Å². The van der Waals surface area contributed by atoms with Crippen molar-refractivity contribution in [3.8, 4) is 11.4 Å². The van der Waals surface area contributed by atoms with Crippen molar-refractivity contribution in [2.45, 2.75) is 33.8 Å². The smallest absolute Gasteiger partial charge is 0.307 e. The third-order valence-corrected chi connectivity index (χ3v) is 5.40. The summed E-state index contributed by atoms with van der Waals surface area (Å²) in [5, 5.41) is 4.00. The van der Waals surface area contributed by atoms with Gasteiger partial charge < -0.3 is 13.7 Å². The number of aryl methyl sites for hydroxylation is 3. The van der Waals surface area contributed by atoms with Gasteiger partial charge in [-0.3, -0.25) is 4.79 Å². The average Bonchev–Trinajstić information content (AvgIpc) is 3.45. The molecule has 0 saturated carbocycles. The highest BCUT2D eigenvalue weighted by Gasteiger charge is 2.11. The molecule has 2 aromatic carbocycles. The largest absolute Gasteiger partial charge is 0.486 e. The number of hydrazone groups is 1. The van der Waals surface area contributed by atoms with E-state index in [1.54, 1.807) is 18.3 Å². The van der Waals surface area contributed by atoms with Crippen molar-refractivity contribution in [3.63, 3.8) is 0 Å². The molecule has 1 N–H and O–H groups in total. The zero-order chi connectivity index (χ0) is 23.2. The van der Waals surface area contributed by atoms with E-state index in [-0.39, 0.29) is 12.4 Å². The molecule has 0 atom stereocenters. The Kier molecular flexibility index (Phi) is 6.74. The molecule has 0 unspecified atom stereocenters. The minimum absolute atomic E-state index is 0.181. The maximum absolute atomic E-state index is 12.3. The highest BCUT2D eigenvalue weighted by atomic mass is 16.5. The molecule has 0 aliphatic carbocycles. The van der Waals surface area contributed by atoms with Crippen molar-refractivity contribution in [1.29, 1.82) is 0 Å². The molecule has 1 amide bonds. The van der Waals surface area contributed by atoms with Crippen LogP contribution in [0.15, 0.2) is 82.3 Å². The summed E-state index contributed by atoms with van der Waals surface area (Å²) in [4.78, 5) is 12.3. The van der Waals surface area contributed by atoms with Crippen LogP contribution in [0.4, 0.5) is 0 Å². The number of hydrogen-bond acceptors (Lipinski definition) is 4. The summed E-state index contributed by atoms with van der Waals surface area (Å²) in [6.07, 6.45) is 2.59. The fraction of sp³-hybridized carbons (Fsp3) is 0.185. The molecule has 0 aliphatic heterocycles. The molecule has 4 aromatic rings. The number of amides is 1. The molecule has 4 rings (SSSR count). The van der Waals surface area contributed by atoms with Crippen molar-refractivity contribution in [1.82, 2.24) is 9.99 Å². The summed E-state index contributed by atoms with van der Waals surface area (Å²) < 4.78 is 13.6. The van der Waals surface area contributed by atoms with Crippen LogP contribution in [0.25, 0.3) is 5.69 Å². The fourth-order valence-electron chi connectivity index (χ4n) is 3.56. The van der Waals surface area contributed by atoms with Gasteiger partial charge in [-0.1, -0.05) is 31.2 Å². The molecule has 0 fully saturated rings. The second kappa shape index (κ2) is 10.0. The summed E-state index contributed by atoms with van der Waals surface area (Å²) in [5.74, 6) is 1.05. The van der Waals surface area contributed by atoms with E-state index >= 15 is 0 Å². The van der Waals surface area contributed by atoms with Crippen LogP contribution in [-0.2, 0) is 13.0 Å². The van der Waals surface area contributed by atoms with Crippen LogP contribution in [-0.4, -0.2) is 16.7 Å².